The van der Waals surface area contributed by atoms with Gasteiger partial charge in [-0.05, 0) is 89.3 Å². The van der Waals surface area contributed by atoms with E-state index in [0.29, 0.717) is 0 Å². The Kier molecular flexibility index (Phi) is 6.98. The van der Waals surface area contributed by atoms with E-state index in [1.165, 1.54) is 77.2 Å². The van der Waals surface area contributed by atoms with Crippen molar-refractivity contribution in [2.24, 2.45) is 0 Å². The number of nitrogens with zero attached hydrogens (tertiary/aromatic N) is 2. The second-order valence-corrected chi connectivity index (χ2v) is 16.5. The van der Waals surface area contributed by atoms with Gasteiger partial charge in [0.15, 0.2) is 5.82 Å². The summed E-state index contributed by atoms with van der Waals surface area (Å²) >= 11 is 0. The Morgan fingerprint density at radius 3 is 1.80 bits per heavy atom. The quantitative estimate of drug-likeness (QED) is 0.181. The van der Waals surface area contributed by atoms with Gasteiger partial charge in [-0.2, -0.15) is 0 Å². The SMILES string of the molecule is CC1(C)c2ccccc2-c2ccc(-c3cc(-c4ccc(-c5cccc6c5-c5ccc7ccccc7c5C6(C)C)c5ccccc45)nc(-c4ccccc4)n3)cc21. The van der Waals surface area contributed by atoms with E-state index in [1.807, 2.05) is 6.07 Å². The molecule has 0 N–H and O–H groups in total. The molecule has 0 bridgehead atoms. The largest absolute Gasteiger partial charge is 0.228 e. The molecule has 0 radical (unpaired) electrons. The first-order valence-electron chi connectivity index (χ1n) is 19.7. The normalized spacial score (nSPS) is 14.4. The second kappa shape index (κ2) is 11.9. The third-order valence-corrected chi connectivity index (χ3v) is 12.7. The molecule has 2 aliphatic rings. The highest BCUT2D eigenvalue weighted by atomic mass is 14.9. The Morgan fingerprint density at radius 1 is 0.357 bits per heavy atom. The van der Waals surface area contributed by atoms with Crippen LogP contribution < -0.4 is 0 Å². The Morgan fingerprint density at radius 2 is 0.964 bits per heavy atom. The van der Waals surface area contributed by atoms with Crippen LogP contribution in [-0.2, 0) is 10.8 Å². The molecular formula is C54H40N2. The van der Waals surface area contributed by atoms with Crippen LogP contribution >= 0.6 is 0 Å². The average Bonchev–Trinajstić information content (AvgIpc) is 3.63. The van der Waals surface area contributed by atoms with Crippen LogP contribution in [0.5, 0.6) is 0 Å². The summed E-state index contributed by atoms with van der Waals surface area (Å²) < 4.78 is 0. The van der Waals surface area contributed by atoms with Gasteiger partial charge in [-0.3, -0.25) is 0 Å². The van der Waals surface area contributed by atoms with Crippen molar-refractivity contribution in [2.45, 2.75) is 38.5 Å². The topological polar surface area (TPSA) is 25.8 Å². The molecule has 0 fully saturated rings. The van der Waals surface area contributed by atoms with Crippen molar-refractivity contribution in [1.29, 1.82) is 0 Å². The van der Waals surface area contributed by atoms with Gasteiger partial charge in [-0.15, -0.1) is 0 Å². The maximum absolute atomic E-state index is 5.31. The summed E-state index contributed by atoms with van der Waals surface area (Å²) in [5.74, 6) is 0.723. The lowest BCUT2D eigenvalue weighted by Crippen LogP contribution is -2.15. The first-order chi connectivity index (χ1) is 27.3. The fourth-order valence-corrected chi connectivity index (χ4v) is 9.95. The van der Waals surface area contributed by atoms with E-state index in [2.05, 4.69) is 191 Å². The predicted molar refractivity (Wildman–Crippen MR) is 234 cm³/mol. The minimum absolute atomic E-state index is 0.105. The summed E-state index contributed by atoms with van der Waals surface area (Å²) in [6.45, 7) is 9.43. The number of hydrogen-bond donors (Lipinski definition) is 0. The standard InChI is InChI=1S/C54H40N2/c1-53(2)45-23-13-12-21-40(45)41-27-26-35(31-47(41)53)48-32-49(56-52(55-48)34-16-6-5-7-17-34)42-30-29-39(37-19-10-11-20-38(37)42)43-22-14-24-46-50(43)44-28-25-33-15-8-9-18-36(33)51(44)54(46,3)4/h5-32H,1-4H3. The van der Waals surface area contributed by atoms with Crippen molar-refractivity contribution < 1.29 is 0 Å². The molecular weight excluding hydrogens is 677 g/mol. The zero-order valence-corrected chi connectivity index (χ0v) is 32.1. The molecule has 0 aliphatic heterocycles. The minimum atomic E-state index is -0.127. The highest BCUT2D eigenvalue weighted by molar-refractivity contribution is 6.09. The van der Waals surface area contributed by atoms with Crippen molar-refractivity contribution in [2.75, 3.05) is 0 Å². The van der Waals surface area contributed by atoms with Gasteiger partial charge in [-0.25, -0.2) is 9.97 Å². The summed E-state index contributed by atoms with van der Waals surface area (Å²) in [7, 11) is 0. The lowest BCUT2D eigenvalue weighted by Gasteiger charge is -2.23. The van der Waals surface area contributed by atoms with Crippen LogP contribution in [0.1, 0.15) is 49.9 Å². The molecule has 0 unspecified atom stereocenters. The van der Waals surface area contributed by atoms with Gasteiger partial charge in [0.05, 0.1) is 11.4 Å². The fraction of sp³-hybridized carbons (Fsp3) is 0.111. The van der Waals surface area contributed by atoms with Crippen LogP contribution in [-0.4, -0.2) is 9.97 Å². The molecule has 2 aliphatic carbocycles. The summed E-state index contributed by atoms with van der Waals surface area (Å²) in [6.07, 6.45) is 0. The first-order valence-corrected chi connectivity index (χ1v) is 19.7. The highest BCUT2D eigenvalue weighted by Gasteiger charge is 2.39. The van der Waals surface area contributed by atoms with Gasteiger partial charge in [0, 0.05) is 27.5 Å². The summed E-state index contributed by atoms with van der Waals surface area (Å²) in [4.78, 5) is 10.6. The molecule has 1 aromatic heterocycles. The Labute approximate surface area is 328 Å². The van der Waals surface area contributed by atoms with Crippen molar-refractivity contribution in [3.63, 3.8) is 0 Å². The van der Waals surface area contributed by atoms with Crippen molar-refractivity contribution in [3.8, 4) is 67.3 Å². The Balaban J connectivity index is 1.10. The molecule has 9 aromatic rings. The van der Waals surface area contributed by atoms with Crippen LogP contribution in [0.4, 0.5) is 0 Å². The van der Waals surface area contributed by atoms with Crippen molar-refractivity contribution >= 4 is 21.5 Å². The molecule has 56 heavy (non-hydrogen) atoms. The van der Waals surface area contributed by atoms with Crippen molar-refractivity contribution in [3.05, 3.63) is 192 Å². The van der Waals surface area contributed by atoms with Crippen LogP contribution in [0.15, 0.2) is 170 Å². The number of rotatable bonds is 4. The van der Waals surface area contributed by atoms with E-state index in [0.717, 1.165) is 33.9 Å². The van der Waals surface area contributed by atoms with Crippen molar-refractivity contribution in [1.82, 2.24) is 9.97 Å². The monoisotopic (exact) mass is 716 g/mol. The molecule has 1 heterocycles. The zero-order chi connectivity index (χ0) is 37.8. The van der Waals surface area contributed by atoms with E-state index < -0.39 is 0 Å². The molecule has 0 spiro atoms. The van der Waals surface area contributed by atoms with E-state index in [9.17, 15) is 0 Å². The summed E-state index contributed by atoms with van der Waals surface area (Å²) in [5, 5.41) is 5.01. The highest BCUT2D eigenvalue weighted by Crippen LogP contribution is 2.55. The third kappa shape index (κ3) is 4.69. The van der Waals surface area contributed by atoms with Gasteiger partial charge < -0.3 is 0 Å². The number of fused-ring (bicyclic) bond motifs is 9. The maximum atomic E-state index is 5.31. The van der Waals surface area contributed by atoms with E-state index in [1.54, 1.807) is 0 Å². The fourth-order valence-electron chi connectivity index (χ4n) is 9.95. The van der Waals surface area contributed by atoms with Gasteiger partial charge in [0.2, 0.25) is 0 Å². The molecule has 11 rings (SSSR count). The number of benzene rings is 8. The third-order valence-electron chi connectivity index (χ3n) is 12.7. The molecule has 0 atom stereocenters. The van der Waals surface area contributed by atoms with E-state index in [-0.39, 0.29) is 10.8 Å². The van der Waals surface area contributed by atoms with E-state index in [4.69, 9.17) is 9.97 Å². The second-order valence-electron chi connectivity index (χ2n) is 16.5. The Hall–Kier alpha value is -6.64. The number of aromatic nitrogens is 2. The smallest absolute Gasteiger partial charge is 0.160 e. The molecule has 0 saturated carbocycles. The minimum Gasteiger partial charge on any atom is -0.228 e. The predicted octanol–water partition coefficient (Wildman–Crippen LogP) is 14.1. The summed E-state index contributed by atoms with van der Waals surface area (Å²) in [6, 6.07) is 62.0. The van der Waals surface area contributed by atoms with Gasteiger partial charge in [-0.1, -0.05) is 185 Å². The first kappa shape index (κ1) is 32.8. The van der Waals surface area contributed by atoms with Gasteiger partial charge in [0.1, 0.15) is 0 Å². The lowest BCUT2D eigenvalue weighted by molar-refractivity contribution is 0.660. The maximum Gasteiger partial charge on any atom is 0.160 e. The molecule has 8 aromatic carbocycles. The average molecular weight is 717 g/mol. The van der Waals surface area contributed by atoms with Crippen LogP contribution in [0, 0.1) is 0 Å². The summed E-state index contributed by atoms with van der Waals surface area (Å²) in [5.41, 5.74) is 18.1. The Bertz CT molecular complexity index is 3080. The van der Waals surface area contributed by atoms with Crippen LogP contribution in [0.2, 0.25) is 0 Å². The van der Waals surface area contributed by atoms with Crippen LogP contribution in [0.25, 0.3) is 88.8 Å². The molecule has 2 heteroatoms. The molecule has 0 amide bonds. The van der Waals surface area contributed by atoms with Crippen LogP contribution in [0.3, 0.4) is 0 Å². The number of hydrogen-bond acceptors (Lipinski definition) is 2. The molecule has 0 saturated heterocycles. The van der Waals surface area contributed by atoms with Gasteiger partial charge >= 0.3 is 0 Å². The molecule has 2 nitrogen and oxygen atoms in total. The molecule has 266 valence electrons. The zero-order valence-electron chi connectivity index (χ0n) is 32.1. The lowest BCUT2D eigenvalue weighted by atomic mass is 9.80. The van der Waals surface area contributed by atoms with Gasteiger partial charge in [0.25, 0.3) is 0 Å². The van der Waals surface area contributed by atoms with E-state index >= 15 is 0 Å².